The molecule has 118 valence electrons. The molecule has 1 spiro atoms. The van der Waals surface area contributed by atoms with Gasteiger partial charge in [0.2, 0.25) is 0 Å². The number of rotatable bonds is 7. The second-order valence-corrected chi connectivity index (χ2v) is 6.36. The normalized spacial score (nSPS) is 27.0. The highest BCUT2D eigenvalue weighted by molar-refractivity contribution is 4.99. The molecule has 1 aliphatic carbocycles. The molecule has 1 atom stereocenters. The van der Waals surface area contributed by atoms with Crippen LogP contribution >= 0.6 is 0 Å². The molecular weight excluding hydrogens is 252 g/mol. The Labute approximate surface area is 124 Å². The Morgan fingerprint density at radius 2 is 1.95 bits per heavy atom. The highest BCUT2D eigenvalue weighted by atomic mass is 16.5. The van der Waals surface area contributed by atoms with Crippen LogP contribution in [-0.2, 0) is 9.47 Å². The van der Waals surface area contributed by atoms with Crippen molar-refractivity contribution >= 4 is 0 Å². The van der Waals surface area contributed by atoms with Crippen LogP contribution in [0.2, 0.25) is 0 Å². The predicted molar refractivity (Wildman–Crippen MR) is 82.2 cm³/mol. The van der Waals surface area contributed by atoms with Crippen molar-refractivity contribution in [2.45, 2.75) is 57.0 Å². The van der Waals surface area contributed by atoms with Crippen LogP contribution in [0.4, 0.5) is 0 Å². The smallest absolute Gasteiger partial charge is 0.0700 e. The Hall–Kier alpha value is -0.160. The van der Waals surface area contributed by atoms with Crippen molar-refractivity contribution in [3.63, 3.8) is 0 Å². The fourth-order valence-corrected chi connectivity index (χ4v) is 3.69. The molecule has 0 radical (unpaired) electrons. The van der Waals surface area contributed by atoms with Crippen molar-refractivity contribution in [2.24, 2.45) is 0 Å². The maximum atomic E-state index is 5.66. The Morgan fingerprint density at radius 1 is 1.15 bits per heavy atom. The molecule has 1 saturated carbocycles. The summed E-state index contributed by atoms with van der Waals surface area (Å²) in [5, 5.41) is 3.87. The van der Waals surface area contributed by atoms with Crippen molar-refractivity contribution < 1.29 is 9.47 Å². The number of hydrogen-bond acceptors (Lipinski definition) is 4. The third kappa shape index (κ3) is 4.42. The summed E-state index contributed by atoms with van der Waals surface area (Å²) >= 11 is 0. The molecule has 0 bridgehead atoms. The lowest BCUT2D eigenvalue weighted by molar-refractivity contribution is 0.0153. The lowest BCUT2D eigenvalue weighted by Gasteiger charge is -2.49. The van der Waals surface area contributed by atoms with E-state index in [0.717, 1.165) is 19.7 Å². The molecule has 2 fully saturated rings. The topological polar surface area (TPSA) is 33.7 Å². The second-order valence-electron chi connectivity index (χ2n) is 6.36. The number of methoxy groups -OCH3 is 1. The summed E-state index contributed by atoms with van der Waals surface area (Å²) in [7, 11) is 1.72. The quantitative estimate of drug-likeness (QED) is 0.725. The summed E-state index contributed by atoms with van der Waals surface area (Å²) in [5.41, 5.74) is 0.399. The van der Waals surface area contributed by atoms with Gasteiger partial charge in [0.05, 0.1) is 19.8 Å². The van der Waals surface area contributed by atoms with Gasteiger partial charge in [0.25, 0.3) is 0 Å². The van der Waals surface area contributed by atoms with E-state index < -0.39 is 0 Å². The van der Waals surface area contributed by atoms with Crippen LogP contribution in [-0.4, -0.2) is 63.0 Å². The average Bonchev–Trinajstić information content (AvgIpc) is 2.48. The molecule has 0 aromatic carbocycles. The van der Waals surface area contributed by atoms with Crippen molar-refractivity contribution in [1.82, 2.24) is 10.2 Å². The van der Waals surface area contributed by atoms with E-state index in [1.54, 1.807) is 7.11 Å². The van der Waals surface area contributed by atoms with Gasteiger partial charge in [-0.2, -0.15) is 0 Å². The van der Waals surface area contributed by atoms with E-state index in [4.69, 9.17) is 9.47 Å². The highest BCUT2D eigenvalue weighted by Crippen LogP contribution is 2.32. The van der Waals surface area contributed by atoms with Gasteiger partial charge in [-0.15, -0.1) is 0 Å². The molecule has 0 amide bonds. The maximum Gasteiger partial charge on any atom is 0.0700 e. The average molecular weight is 284 g/mol. The summed E-state index contributed by atoms with van der Waals surface area (Å²) < 4.78 is 10.7. The van der Waals surface area contributed by atoms with Crippen LogP contribution < -0.4 is 5.32 Å². The van der Waals surface area contributed by atoms with Crippen LogP contribution in [0.3, 0.4) is 0 Å². The zero-order valence-electron chi connectivity index (χ0n) is 13.3. The molecule has 1 heterocycles. The van der Waals surface area contributed by atoms with Gasteiger partial charge < -0.3 is 14.8 Å². The third-order valence-electron chi connectivity index (χ3n) is 4.97. The number of nitrogens with zero attached hydrogens (tertiary/aromatic N) is 1. The van der Waals surface area contributed by atoms with Gasteiger partial charge in [0.15, 0.2) is 0 Å². The van der Waals surface area contributed by atoms with Crippen LogP contribution in [0.25, 0.3) is 0 Å². The minimum atomic E-state index is 0.399. The van der Waals surface area contributed by atoms with Gasteiger partial charge in [0.1, 0.15) is 0 Å². The third-order valence-corrected chi connectivity index (χ3v) is 4.97. The van der Waals surface area contributed by atoms with Crippen LogP contribution in [0, 0.1) is 0 Å². The first-order valence-electron chi connectivity index (χ1n) is 8.35. The van der Waals surface area contributed by atoms with E-state index in [-0.39, 0.29) is 0 Å². The first-order chi connectivity index (χ1) is 9.79. The summed E-state index contributed by atoms with van der Waals surface area (Å²) in [4.78, 5) is 2.66. The highest BCUT2D eigenvalue weighted by Gasteiger charge is 2.38. The molecule has 20 heavy (non-hydrogen) atoms. The summed E-state index contributed by atoms with van der Waals surface area (Å²) in [6.45, 7) is 7.95. The Morgan fingerprint density at radius 3 is 2.65 bits per heavy atom. The van der Waals surface area contributed by atoms with Crippen molar-refractivity contribution in [3.05, 3.63) is 0 Å². The van der Waals surface area contributed by atoms with E-state index in [1.165, 1.54) is 45.1 Å². The molecule has 2 rings (SSSR count). The standard InChI is InChI=1S/C16H32N2O2/c1-3-15-13-17-16(7-5-4-6-8-16)14-18(15)9-10-20-12-11-19-2/h15,17H,3-14H2,1-2H3. The largest absolute Gasteiger partial charge is 0.382 e. The van der Waals surface area contributed by atoms with E-state index in [2.05, 4.69) is 17.1 Å². The molecule has 4 heteroatoms. The molecule has 0 aromatic rings. The molecule has 1 saturated heterocycles. The molecule has 1 unspecified atom stereocenters. The molecule has 0 aromatic heterocycles. The van der Waals surface area contributed by atoms with Crippen LogP contribution in [0.15, 0.2) is 0 Å². The minimum absolute atomic E-state index is 0.399. The van der Waals surface area contributed by atoms with Gasteiger partial charge in [0, 0.05) is 38.3 Å². The fourth-order valence-electron chi connectivity index (χ4n) is 3.69. The zero-order valence-corrected chi connectivity index (χ0v) is 13.3. The number of nitrogens with one attached hydrogen (secondary N) is 1. The Kier molecular flexibility index (Phi) is 6.75. The Bertz CT molecular complexity index is 267. The molecule has 2 aliphatic rings. The van der Waals surface area contributed by atoms with Gasteiger partial charge in [-0.25, -0.2) is 0 Å². The number of piperazine rings is 1. The van der Waals surface area contributed by atoms with E-state index in [9.17, 15) is 0 Å². The van der Waals surface area contributed by atoms with Gasteiger partial charge in [-0.05, 0) is 19.3 Å². The molecule has 1 aliphatic heterocycles. The molecular formula is C16H32N2O2. The van der Waals surface area contributed by atoms with Crippen molar-refractivity contribution in [2.75, 3.05) is 46.6 Å². The SMILES string of the molecule is CCC1CNC2(CCCCC2)CN1CCOCCOC. The first-order valence-corrected chi connectivity index (χ1v) is 8.35. The van der Waals surface area contributed by atoms with Crippen molar-refractivity contribution in [1.29, 1.82) is 0 Å². The monoisotopic (exact) mass is 284 g/mol. The Balaban J connectivity index is 1.79. The lowest BCUT2D eigenvalue weighted by atomic mass is 9.79. The van der Waals surface area contributed by atoms with E-state index >= 15 is 0 Å². The van der Waals surface area contributed by atoms with Crippen LogP contribution in [0.5, 0.6) is 0 Å². The van der Waals surface area contributed by atoms with Crippen molar-refractivity contribution in [3.8, 4) is 0 Å². The van der Waals surface area contributed by atoms with E-state index in [0.29, 0.717) is 24.8 Å². The summed E-state index contributed by atoms with van der Waals surface area (Å²) in [6.07, 6.45) is 8.13. The summed E-state index contributed by atoms with van der Waals surface area (Å²) in [5.74, 6) is 0. The number of ether oxygens (including phenoxy) is 2. The summed E-state index contributed by atoms with van der Waals surface area (Å²) in [6, 6.07) is 0.675. The molecule has 1 N–H and O–H groups in total. The zero-order chi connectivity index (χ0) is 14.3. The first kappa shape index (κ1) is 16.2. The minimum Gasteiger partial charge on any atom is -0.382 e. The van der Waals surface area contributed by atoms with Gasteiger partial charge in [-0.3, -0.25) is 4.90 Å². The second kappa shape index (κ2) is 8.32. The van der Waals surface area contributed by atoms with Crippen LogP contribution in [0.1, 0.15) is 45.4 Å². The number of hydrogen-bond donors (Lipinski definition) is 1. The van der Waals surface area contributed by atoms with Gasteiger partial charge in [-0.1, -0.05) is 26.2 Å². The fraction of sp³-hybridized carbons (Fsp3) is 1.00. The van der Waals surface area contributed by atoms with Gasteiger partial charge >= 0.3 is 0 Å². The lowest BCUT2D eigenvalue weighted by Crippen LogP contribution is -2.65. The van der Waals surface area contributed by atoms with E-state index in [1.807, 2.05) is 0 Å². The maximum absolute atomic E-state index is 5.66. The predicted octanol–water partition coefficient (Wildman–Crippen LogP) is 2.04. The molecule has 4 nitrogen and oxygen atoms in total.